The van der Waals surface area contributed by atoms with Crippen LogP contribution < -0.4 is 4.90 Å². The minimum absolute atomic E-state index is 0.0537. The van der Waals surface area contributed by atoms with E-state index in [0.717, 1.165) is 30.7 Å². The van der Waals surface area contributed by atoms with Crippen molar-refractivity contribution in [3.8, 4) is 0 Å². The molecule has 0 unspecified atom stereocenters. The molecule has 2 heterocycles. The molecule has 1 aliphatic heterocycles. The Morgan fingerprint density at radius 3 is 2.58 bits per heavy atom. The minimum atomic E-state index is -0.346. The number of nitrogens with zero attached hydrogens (tertiary/aromatic N) is 4. The quantitative estimate of drug-likeness (QED) is 0.545. The fourth-order valence-corrected chi connectivity index (χ4v) is 3.60. The van der Waals surface area contributed by atoms with Crippen LogP contribution in [0, 0.1) is 11.7 Å². The fourth-order valence-electron chi connectivity index (χ4n) is 2.76. The van der Waals surface area contributed by atoms with Gasteiger partial charge in [0.25, 0.3) is 0 Å². The van der Waals surface area contributed by atoms with Crippen LogP contribution in [0.15, 0.2) is 29.4 Å². The van der Waals surface area contributed by atoms with Crippen LogP contribution in [-0.4, -0.2) is 52.6 Å². The molecular formula is C18H23FN4O2S. The van der Waals surface area contributed by atoms with Crippen molar-refractivity contribution in [3.05, 3.63) is 35.6 Å². The lowest BCUT2D eigenvalue weighted by atomic mass is 10.1. The summed E-state index contributed by atoms with van der Waals surface area (Å²) in [6.45, 7) is 8.00. The predicted octanol–water partition coefficient (Wildman–Crippen LogP) is 2.88. The van der Waals surface area contributed by atoms with Crippen molar-refractivity contribution in [1.82, 2.24) is 14.8 Å². The zero-order valence-electron chi connectivity index (χ0n) is 15.0. The molecule has 0 aliphatic carbocycles. The van der Waals surface area contributed by atoms with Crippen molar-refractivity contribution < 1.29 is 13.9 Å². The number of hydrogen-bond acceptors (Lipinski definition) is 6. The molecular weight excluding hydrogens is 355 g/mol. The van der Waals surface area contributed by atoms with Gasteiger partial charge in [-0.2, -0.15) is 0 Å². The summed E-state index contributed by atoms with van der Waals surface area (Å²) >= 11 is 1.37. The normalized spacial score (nSPS) is 14.8. The number of aromatic nitrogens is 3. The van der Waals surface area contributed by atoms with E-state index in [-0.39, 0.29) is 17.4 Å². The molecule has 1 aromatic heterocycles. The zero-order chi connectivity index (χ0) is 18.5. The van der Waals surface area contributed by atoms with Gasteiger partial charge < -0.3 is 9.64 Å². The molecule has 1 aliphatic rings. The van der Waals surface area contributed by atoms with E-state index < -0.39 is 0 Å². The third kappa shape index (κ3) is 4.62. The van der Waals surface area contributed by atoms with Crippen LogP contribution in [0.5, 0.6) is 0 Å². The van der Waals surface area contributed by atoms with Gasteiger partial charge in [-0.05, 0) is 30.2 Å². The Labute approximate surface area is 156 Å². The van der Waals surface area contributed by atoms with Crippen LogP contribution in [0.4, 0.5) is 10.3 Å². The number of anilines is 1. The van der Waals surface area contributed by atoms with Crippen molar-refractivity contribution >= 4 is 23.5 Å². The maximum atomic E-state index is 13.0. The Balaban J connectivity index is 1.73. The average molecular weight is 378 g/mol. The summed E-state index contributed by atoms with van der Waals surface area (Å²) < 4.78 is 20.5. The second-order valence-corrected chi connectivity index (χ2v) is 7.55. The maximum Gasteiger partial charge on any atom is 0.228 e. The van der Waals surface area contributed by atoms with Gasteiger partial charge >= 0.3 is 0 Å². The first kappa shape index (κ1) is 18.8. The number of ether oxygens (including phenoxy) is 1. The van der Waals surface area contributed by atoms with Crippen LogP contribution in [0.3, 0.4) is 0 Å². The highest BCUT2D eigenvalue weighted by Crippen LogP contribution is 2.25. The van der Waals surface area contributed by atoms with E-state index in [1.165, 1.54) is 36.0 Å². The third-order valence-corrected chi connectivity index (χ3v) is 5.00. The Kier molecular flexibility index (Phi) is 6.26. The largest absolute Gasteiger partial charge is 0.378 e. The molecule has 8 heteroatoms. The number of carbonyl (C=O) groups is 1. The summed E-state index contributed by atoms with van der Waals surface area (Å²) in [6, 6.07) is 5.62. The number of ketones is 1. The molecule has 0 saturated carbocycles. The summed E-state index contributed by atoms with van der Waals surface area (Å²) in [5.74, 6) is 1.10. The van der Waals surface area contributed by atoms with E-state index in [1.807, 2.05) is 0 Å². The number of hydrogen-bond donors (Lipinski definition) is 0. The van der Waals surface area contributed by atoms with Crippen molar-refractivity contribution in [3.63, 3.8) is 0 Å². The van der Waals surface area contributed by atoms with Gasteiger partial charge in [-0.15, -0.1) is 10.2 Å². The Morgan fingerprint density at radius 2 is 1.92 bits per heavy atom. The number of rotatable bonds is 7. The lowest BCUT2D eigenvalue weighted by Gasteiger charge is -2.28. The second-order valence-electron chi connectivity index (χ2n) is 6.61. The topological polar surface area (TPSA) is 60.2 Å². The summed E-state index contributed by atoms with van der Waals surface area (Å²) in [7, 11) is 0. The molecule has 0 amide bonds. The van der Waals surface area contributed by atoms with Gasteiger partial charge in [-0.3, -0.25) is 9.36 Å². The van der Waals surface area contributed by atoms with Gasteiger partial charge in [-0.1, -0.05) is 25.6 Å². The van der Waals surface area contributed by atoms with E-state index in [2.05, 4.69) is 33.5 Å². The van der Waals surface area contributed by atoms with Crippen LogP contribution in [-0.2, 0) is 11.3 Å². The molecule has 0 radical (unpaired) electrons. The maximum absolute atomic E-state index is 13.0. The summed E-state index contributed by atoms with van der Waals surface area (Å²) in [6.07, 6.45) is 0. The summed E-state index contributed by atoms with van der Waals surface area (Å²) in [4.78, 5) is 14.5. The number of thioether (sulfide) groups is 1. The molecule has 0 spiro atoms. The van der Waals surface area contributed by atoms with Crippen molar-refractivity contribution in [2.75, 3.05) is 37.0 Å². The SMILES string of the molecule is CC(C)Cn1c(SCC(=O)c2ccc(F)cc2)nnc1N1CCOCC1. The van der Waals surface area contributed by atoms with Crippen molar-refractivity contribution in [2.24, 2.45) is 5.92 Å². The fraction of sp³-hybridized carbons (Fsp3) is 0.500. The van der Waals surface area contributed by atoms with Gasteiger partial charge in [0, 0.05) is 25.2 Å². The molecule has 6 nitrogen and oxygen atoms in total. The van der Waals surface area contributed by atoms with E-state index in [9.17, 15) is 9.18 Å². The predicted molar refractivity (Wildman–Crippen MR) is 99.3 cm³/mol. The highest BCUT2D eigenvalue weighted by atomic mass is 32.2. The smallest absolute Gasteiger partial charge is 0.228 e. The molecule has 2 aromatic rings. The van der Waals surface area contributed by atoms with Crippen LogP contribution >= 0.6 is 11.8 Å². The van der Waals surface area contributed by atoms with E-state index in [4.69, 9.17) is 4.74 Å². The lowest BCUT2D eigenvalue weighted by molar-refractivity contribution is 0.102. The number of carbonyl (C=O) groups excluding carboxylic acids is 1. The van der Waals surface area contributed by atoms with E-state index >= 15 is 0 Å². The van der Waals surface area contributed by atoms with E-state index in [0.29, 0.717) is 24.7 Å². The highest BCUT2D eigenvalue weighted by molar-refractivity contribution is 7.99. The molecule has 140 valence electrons. The van der Waals surface area contributed by atoms with Gasteiger partial charge in [0.1, 0.15) is 5.82 Å². The molecule has 0 bridgehead atoms. The number of benzene rings is 1. The van der Waals surface area contributed by atoms with Gasteiger partial charge in [0.05, 0.1) is 19.0 Å². The van der Waals surface area contributed by atoms with Gasteiger partial charge in [0.2, 0.25) is 5.95 Å². The second kappa shape index (κ2) is 8.64. The lowest BCUT2D eigenvalue weighted by Crippen LogP contribution is -2.38. The zero-order valence-corrected chi connectivity index (χ0v) is 15.8. The standard InChI is InChI=1S/C18H23FN4O2S/c1-13(2)11-23-17(22-7-9-25-10-8-22)20-21-18(23)26-12-16(24)14-3-5-15(19)6-4-14/h3-6,13H,7-12H2,1-2H3. The molecule has 0 atom stereocenters. The van der Waals surface area contributed by atoms with E-state index in [1.54, 1.807) is 0 Å². The van der Waals surface area contributed by atoms with Gasteiger partial charge in [-0.25, -0.2) is 4.39 Å². The molecule has 0 N–H and O–H groups in total. The number of morpholine rings is 1. The molecule has 1 fully saturated rings. The van der Waals surface area contributed by atoms with Crippen LogP contribution in [0.1, 0.15) is 24.2 Å². The first-order chi connectivity index (χ1) is 12.5. The Bertz CT molecular complexity index is 742. The third-order valence-electron chi connectivity index (χ3n) is 4.04. The van der Waals surface area contributed by atoms with Gasteiger partial charge in [0.15, 0.2) is 10.9 Å². The minimum Gasteiger partial charge on any atom is -0.378 e. The monoisotopic (exact) mass is 378 g/mol. The average Bonchev–Trinajstić information content (AvgIpc) is 3.03. The molecule has 1 saturated heterocycles. The first-order valence-corrected chi connectivity index (χ1v) is 9.70. The Hall–Kier alpha value is -1.93. The molecule has 1 aromatic carbocycles. The Morgan fingerprint density at radius 1 is 1.23 bits per heavy atom. The highest BCUT2D eigenvalue weighted by Gasteiger charge is 2.21. The van der Waals surface area contributed by atoms with Crippen LogP contribution in [0.25, 0.3) is 0 Å². The molecule has 26 heavy (non-hydrogen) atoms. The number of Topliss-reactive ketones (excluding diaryl/α,β-unsaturated/α-hetero) is 1. The summed E-state index contributed by atoms with van der Waals surface area (Å²) in [5.41, 5.74) is 0.502. The molecule has 3 rings (SSSR count). The van der Waals surface area contributed by atoms with Crippen LogP contribution in [0.2, 0.25) is 0 Å². The van der Waals surface area contributed by atoms with Crippen molar-refractivity contribution in [1.29, 1.82) is 0 Å². The summed E-state index contributed by atoms with van der Waals surface area (Å²) in [5, 5.41) is 9.39. The number of halogens is 1. The first-order valence-electron chi connectivity index (χ1n) is 8.72. The van der Waals surface area contributed by atoms with Crippen molar-refractivity contribution in [2.45, 2.75) is 25.5 Å².